The Bertz CT molecular complexity index is 295. The van der Waals surface area contributed by atoms with Crippen molar-refractivity contribution < 1.29 is 9.53 Å². The van der Waals surface area contributed by atoms with Gasteiger partial charge in [0.05, 0.1) is 0 Å². The predicted octanol–water partition coefficient (Wildman–Crippen LogP) is 0.521. The minimum absolute atomic E-state index is 0.489. The third kappa shape index (κ3) is 2.66. The van der Waals surface area contributed by atoms with E-state index in [0.717, 1.165) is 0 Å². The normalized spacial score (nSPS) is 12.1. The van der Waals surface area contributed by atoms with Gasteiger partial charge >= 0.3 is 0 Å². The molecule has 0 aromatic heterocycles. The van der Waals surface area contributed by atoms with Crippen LogP contribution < -0.4 is 16.2 Å². The van der Waals surface area contributed by atoms with Crippen molar-refractivity contribution in [3.63, 3.8) is 0 Å². The number of hydrogen-bond donors (Lipinski definition) is 2. The number of benzene rings is 1. The molecule has 0 spiro atoms. The molecule has 4 N–H and O–H groups in total. The number of nitrogens with two attached hydrogens (primary N) is 2. The molecule has 0 aliphatic carbocycles. The number of rotatable bonds is 3. The number of nitrogen functional groups attached to an aromatic ring is 1. The second kappa shape index (κ2) is 3.80. The van der Waals surface area contributed by atoms with Crippen LogP contribution in [0.25, 0.3) is 0 Å². The Hall–Kier alpha value is -1.71. The largest absolute Gasteiger partial charge is 0.481 e. The lowest BCUT2D eigenvalue weighted by Crippen LogP contribution is -2.30. The summed E-state index contributed by atoms with van der Waals surface area (Å²) in [5.74, 6) is 0.0947. The van der Waals surface area contributed by atoms with E-state index >= 15 is 0 Å². The van der Waals surface area contributed by atoms with Crippen LogP contribution in [0, 0.1) is 0 Å². The van der Waals surface area contributed by atoms with Gasteiger partial charge in [-0.15, -0.1) is 0 Å². The molecule has 70 valence electrons. The maximum Gasteiger partial charge on any atom is 0.258 e. The van der Waals surface area contributed by atoms with Gasteiger partial charge in [-0.25, -0.2) is 0 Å². The van der Waals surface area contributed by atoms with Crippen LogP contribution in [0.5, 0.6) is 5.75 Å². The van der Waals surface area contributed by atoms with Crippen LogP contribution in [0.4, 0.5) is 5.69 Å². The summed E-state index contributed by atoms with van der Waals surface area (Å²) >= 11 is 0. The Morgan fingerprint density at radius 2 is 1.92 bits per heavy atom. The standard InChI is InChI=1S/C9H12N2O2/c1-6(9(11)12)13-8-4-2-7(10)3-5-8/h2-6H,10H2,1H3,(H2,11,12). The summed E-state index contributed by atoms with van der Waals surface area (Å²) in [6.07, 6.45) is -0.622. The Labute approximate surface area is 76.5 Å². The molecule has 0 saturated heterocycles. The summed E-state index contributed by atoms with van der Waals surface area (Å²) in [6, 6.07) is 6.77. The smallest absolute Gasteiger partial charge is 0.258 e. The fourth-order valence-corrected chi connectivity index (χ4v) is 0.809. The summed E-state index contributed by atoms with van der Waals surface area (Å²) in [4.78, 5) is 10.6. The first-order valence-electron chi connectivity index (χ1n) is 3.91. The lowest BCUT2D eigenvalue weighted by atomic mass is 10.3. The van der Waals surface area contributed by atoms with E-state index in [1.54, 1.807) is 31.2 Å². The highest BCUT2D eigenvalue weighted by Crippen LogP contribution is 2.14. The van der Waals surface area contributed by atoms with Crippen LogP contribution >= 0.6 is 0 Å². The molecule has 0 bridgehead atoms. The van der Waals surface area contributed by atoms with Crippen LogP contribution in [0.1, 0.15) is 6.92 Å². The van der Waals surface area contributed by atoms with Gasteiger partial charge in [0.2, 0.25) is 0 Å². The second-order valence-electron chi connectivity index (χ2n) is 2.73. The first-order chi connectivity index (χ1) is 6.09. The number of anilines is 1. The minimum Gasteiger partial charge on any atom is -0.481 e. The van der Waals surface area contributed by atoms with Crippen molar-refractivity contribution in [1.29, 1.82) is 0 Å². The number of ether oxygens (including phenoxy) is 1. The molecule has 0 aliphatic heterocycles. The lowest BCUT2D eigenvalue weighted by Gasteiger charge is -2.10. The summed E-state index contributed by atoms with van der Waals surface area (Å²) < 4.78 is 5.20. The van der Waals surface area contributed by atoms with Crippen LogP contribution in [-0.2, 0) is 4.79 Å². The van der Waals surface area contributed by atoms with Crippen molar-refractivity contribution in [2.75, 3.05) is 5.73 Å². The van der Waals surface area contributed by atoms with Crippen molar-refractivity contribution >= 4 is 11.6 Å². The van der Waals surface area contributed by atoms with E-state index in [2.05, 4.69) is 0 Å². The van der Waals surface area contributed by atoms with Crippen molar-refractivity contribution in [2.24, 2.45) is 5.73 Å². The highest BCUT2D eigenvalue weighted by Gasteiger charge is 2.09. The highest BCUT2D eigenvalue weighted by molar-refractivity contribution is 5.78. The molecule has 1 unspecified atom stereocenters. The third-order valence-electron chi connectivity index (χ3n) is 1.59. The quantitative estimate of drug-likeness (QED) is 0.665. The molecule has 4 heteroatoms. The van der Waals surface area contributed by atoms with Gasteiger partial charge in [0.25, 0.3) is 5.91 Å². The Morgan fingerprint density at radius 1 is 1.38 bits per heavy atom. The van der Waals surface area contributed by atoms with Gasteiger partial charge in [-0.1, -0.05) is 0 Å². The van der Waals surface area contributed by atoms with E-state index in [9.17, 15) is 4.79 Å². The molecular formula is C9H12N2O2. The average Bonchev–Trinajstić information content (AvgIpc) is 2.08. The fraction of sp³-hybridized carbons (Fsp3) is 0.222. The third-order valence-corrected chi connectivity index (χ3v) is 1.59. The second-order valence-corrected chi connectivity index (χ2v) is 2.73. The van der Waals surface area contributed by atoms with Crippen LogP contribution in [-0.4, -0.2) is 12.0 Å². The molecule has 1 atom stereocenters. The maximum atomic E-state index is 10.6. The molecule has 0 fully saturated rings. The summed E-state index contributed by atoms with van der Waals surface area (Å²) in [5, 5.41) is 0. The lowest BCUT2D eigenvalue weighted by molar-refractivity contribution is -0.123. The minimum atomic E-state index is -0.622. The first kappa shape index (κ1) is 9.38. The molecule has 0 saturated carbocycles. The monoisotopic (exact) mass is 180 g/mol. The molecule has 0 radical (unpaired) electrons. The molecule has 1 aromatic carbocycles. The molecule has 1 rings (SSSR count). The molecular weight excluding hydrogens is 168 g/mol. The van der Waals surface area contributed by atoms with Crippen LogP contribution in [0.15, 0.2) is 24.3 Å². The van der Waals surface area contributed by atoms with Gasteiger partial charge in [-0.2, -0.15) is 0 Å². The van der Waals surface area contributed by atoms with Crippen LogP contribution in [0.2, 0.25) is 0 Å². The Kier molecular flexibility index (Phi) is 2.74. The Balaban J connectivity index is 2.64. The summed E-state index contributed by atoms with van der Waals surface area (Å²) in [7, 11) is 0. The van der Waals surface area contributed by atoms with E-state index in [4.69, 9.17) is 16.2 Å². The predicted molar refractivity (Wildman–Crippen MR) is 50.1 cm³/mol. The van der Waals surface area contributed by atoms with Crippen molar-refractivity contribution in [3.05, 3.63) is 24.3 Å². The van der Waals surface area contributed by atoms with Gasteiger partial charge < -0.3 is 16.2 Å². The van der Waals surface area contributed by atoms with Gasteiger partial charge in [-0.05, 0) is 31.2 Å². The zero-order valence-electron chi connectivity index (χ0n) is 7.36. The topological polar surface area (TPSA) is 78.3 Å². The number of amides is 1. The van der Waals surface area contributed by atoms with E-state index in [1.165, 1.54) is 0 Å². The number of carbonyl (C=O) groups excluding carboxylic acids is 1. The number of hydrogen-bond acceptors (Lipinski definition) is 3. The van der Waals surface area contributed by atoms with Crippen molar-refractivity contribution in [3.8, 4) is 5.75 Å². The first-order valence-corrected chi connectivity index (χ1v) is 3.91. The molecule has 1 amide bonds. The highest BCUT2D eigenvalue weighted by atomic mass is 16.5. The molecule has 0 aliphatic rings. The number of carbonyl (C=O) groups is 1. The maximum absolute atomic E-state index is 10.6. The molecule has 4 nitrogen and oxygen atoms in total. The SMILES string of the molecule is CC(Oc1ccc(N)cc1)C(N)=O. The zero-order chi connectivity index (χ0) is 9.84. The van der Waals surface area contributed by atoms with E-state index in [0.29, 0.717) is 11.4 Å². The van der Waals surface area contributed by atoms with Gasteiger partial charge in [0, 0.05) is 5.69 Å². The van der Waals surface area contributed by atoms with Gasteiger partial charge in [0.15, 0.2) is 6.10 Å². The number of primary amides is 1. The molecule has 0 heterocycles. The average molecular weight is 180 g/mol. The van der Waals surface area contributed by atoms with Gasteiger partial charge in [-0.3, -0.25) is 4.79 Å². The van der Waals surface area contributed by atoms with Crippen molar-refractivity contribution in [2.45, 2.75) is 13.0 Å². The zero-order valence-corrected chi connectivity index (χ0v) is 7.36. The van der Waals surface area contributed by atoms with E-state index in [-0.39, 0.29) is 0 Å². The Morgan fingerprint density at radius 3 is 2.38 bits per heavy atom. The van der Waals surface area contributed by atoms with Crippen molar-refractivity contribution in [1.82, 2.24) is 0 Å². The fourth-order valence-electron chi connectivity index (χ4n) is 0.809. The van der Waals surface area contributed by atoms with Crippen LogP contribution in [0.3, 0.4) is 0 Å². The van der Waals surface area contributed by atoms with E-state index < -0.39 is 12.0 Å². The summed E-state index contributed by atoms with van der Waals surface area (Å²) in [6.45, 7) is 1.60. The molecule has 1 aromatic rings. The summed E-state index contributed by atoms with van der Waals surface area (Å²) in [5.41, 5.74) is 11.1. The van der Waals surface area contributed by atoms with Gasteiger partial charge in [0.1, 0.15) is 5.75 Å². The van der Waals surface area contributed by atoms with E-state index in [1.807, 2.05) is 0 Å². The molecule has 13 heavy (non-hydrogen) atoms.